The maximum absolute atomic E-state index is 12.8. The highest BCUT2D eigenvalue weighted by Crippen LogP contribution is 2.24. The van der Waals surface area contributed by atoms with Gasteiger partial charge in [-0.15, -0.1) is 0 Å². The molecule has 0 saturated carbocycles. The van der Waals surface area contributed by atoms with Crippen molar-refractivity contribution < 1.29 is 9.90 Å². The monoisotopic (exact) mass is 376 g/mol. The summed E-state index contributed by atoms with van der Waals surface area (Å²) in [5, 5.41) is 12.8. The Morgan fingerprint density at radius 2 is 1.93 bits per heavy atom. The Bertz CT molecular complexity index is 950. The fourth-order valence-electron chi connectivity index (χ4n) is 3.59. The van der Waals surface area contributed by atoms with Crippen molar-refractivity contribution in [2.24, 2.45) is 0 Å². The Balaban J connectivity index is 1.51. The number of carbonyl (C=O) groups is 1. The van der Waals surface area contributed by atoms with Crippen LogP contribution in [0.3, 0.4) is 0 Å². The van der Waals surface area contributed by atoms with E-state index in [0.29, 0.717) is 13.0 Å². The van der Waals surface area contributed by atoms with Crippen molar-refractivity contribution in [2.75, 3.05) is 11.9 Å². The number of hydrogen-bond donors (Lipinski definition) is 2. The number of nitrogens with zero attached hydrogens (tertiary/aromatic N) is 3. The highest BCUT2D eigenvalue weighted by Gasteiger charge is 2.32. The summed E-state index contributed by atoms with van der Waals surface area (Å²) in [5.74, 6) is 0. The number of benzene rings is 2. The summed E-state index contributed by atoms with van der Waals surface area (Å²) in [4.78, 5) is 19.0. The first-order valence-corrected chi connectivity index (χ1v) is 9.46. The number of urea groups is 1. The zero-order valence-corrected chi connectivity index (χ0v) is 15.9. The van der Waals surface area contributed by atoms with Crippen LogP contribution in [0.5, 0.6) is 0 Å². The lowest BCUT2D eigenvalue weighted by atomic mass is 10.0. The molecule has 0 fully saturated rings. The number of aliphatic hydroxyl groups excluding tert-OH is 1. The van der Waals surface area contributed by atoms with Crippen LogP contribution in [0.4, 0.5) is 10.5 Å². The minimum Gasteiger partial charge on any atom is -0.394 e. The summed E-state index contributed by atoms with van der Waals surface area (Å²) >= 11 is 0. The summed E-state index contributed by atoms with van der Waals surface area (Å²) in [7, 11) is 0. The molecular formula is C22H24N4O2. The first-order chi connectivity index (χ1) is 13.6. The molecule has 2 amide bonds. The molecule has 2 heterocycles. The van der Waals surface area contributed by atoms with Crippen molar-refractivity contribution in [2.45, 2.75) is 32.5 Å². The van der Waals surface area contributed by atoms with Crippen LogP contribution in [0.1, 0.15) is 22.5 Å². The number of fused-ring (bicyclic) bond motifs is 1. The van der Waals surface area contributed by atoms with E-state index in [2.05, 4.69) is 27.0 Å². The van der Waals surface area contributed by atoms with E-state index in [0.717, 1.165) is 29.2 Å². The number of anilines is 1. The number of aliphatic hydroxyl groups is 1. The van der Waals surface area contributed by atoms with E-state index in [-0.39, 0.29) is 18.7 Å². The minimum atomic E-state index is -0.274. The van der Waals surface area contributed by atoms with Crippen molar-refractivity contribution in [1.29, 1.82) is 0 Å². The molecule has 4 rings (SSSR count). The number of amides is 2. The van der Waals surface area contributed by atoms with Gasteiger partial charge in [-0.25, -0.2) is 9.78 Å². The molecular weight excluding hydrogens is 352 g/mol. The van der Waals surface area contributed by atoms with E-state index in [1.54, 1.807) is 4.90 Å². The van der Waals surface area contributed by atoms with Gasteiger partial charge in [0.15, 0.2) is 0 Å². The number of nitrogens with one attached hydrogen (secondary N) is 1. The van der Waals surface area contributed by atoms with E-state index in [1.165, 1.54) is 5.56 Å². The second kappa shape index (κ2) is 7.86. The minimum absolute atomic E-state index is 0.0860. The third-order valence-electron chi connectivity index (χ3n) is 5.19. The van der Waals surface area contributed by atoms with Gasteiger partial charge in [0.2, 0.25) is 0 Å². The molecule has 6 nitrogen and oxygen atoms in total. The van der Waals surface area contributed by atoms with Crippen LogP contribution in [0.25, 0.3) is 0 Å². The van der Waals surface area contributed by atoms with Gasteiger partial charge in [-0.3, -0.25) is 0 Å². The maximum atomic E-state index is 12.8. The van der Waals surface area contributed by atoms with Crippen LogP contribution >= 0.6 is 0 Å². The molecule has 1 aromatic heterocycles. The van der Waals surface area contributed by atoms with Gasteiger partial charge in [-0.05, 0) is 24.6 Å². The Labute approximate surface area is 164 Å². The van der Waals surface area contributed by atoms with Gasteiger partial charge in [0, 0.05) is 24.3 Å². The average Bonchev–Trinajstić information content (AvgIpc) is 3.11. The first kappa shape index (κ1) is 18.3. The second-order valence-corrected chi connectivity index (χ2v) is 7.22. The molecule has 1 aliphatic rings. The lowest BCUT2D eigenvalue weighted by Gasteiger charge is -2.34. The SMILES string of the molecule is Cc1ccc(NC(=O)N2Cc3ncn(Cc4ccccc4)c3C[C@H]2CO)cc1. The maximum Gasteiger partial charge on any atom is 0.322 e. The lowest BCUT2D eigenvalue weighted by Crippen LogP contribution is -2.48. The molecule has 0 unspecified atom stereocenters. The molecule has 2 N–H and O–H groups in total. The van der Waals surface area contributed by atoms with Gasteiger partial charge in [0.05, 0.1) is 31.2 Å². The number of rotatable bonds is 4. The van der Waals surface area contributed by atoms with Crippen LogP contribution in [0.15, 0.2) is 60.9 Å². The average molecular weight is 376 g/mol. The molecule has 144 valence electrons. The molecule has 28 heavy (non-hydrogen) atoms. The van der Waals surface area contributed by atoms with Crippen LogP contribution in [0.2, 0.25) is 0 Å². The van der Waals surface area contributed by atoms with Gasteiger partial charge in [0.25, 0.3) is 0 Å². The van der Waals surface area contributed by atoms with E-state index >= 15 is 0 Å². The Kier molecular flexibility index (Phi) is 5.12. The number of carbonyl (C=O) groups excluding carboxylic acids is 1. The normalized spacial score (nSPS) is 15.9. The number of imidazole rings is 1. The van der Waals surface area contributed by atoms with Crippen molar-refractivity contribution in [3.8, 4) is 0 Å². The number of hydrogen-bond acceptors (Lipinski definition) is 3. The Morgan fingerprint density at radius 1 is 1.18 bits per heavy atom. The quantitative estimate of drug-likeness (QED) is 0.735. The Hall–Kier alpha value is -3.12. The van der Waals surface area contributed by atoms with Crippen molar-refractivity contribution in [3.05, 3.63) is 83.4 Å². The smallest absolute Gasteiger partial charge is 0.322 e. The van der Waals surface area contributed by atoms with Gasteiger partial charge in [-0.1, -0.05) is 48.0 Å². The summed E-state index contributed by atoms with van der Waals surface area (Å²) in [6.07, 6.45) is 2.41. The summed E-state index contributed by atoms with van der Waals surface area (Å²) in [6, 6.07) is 17.4. The molecule has 0 aliphatic carbocycles. The molecule has 2 aromatic carbocycles. The molecule has 6 heteroatoms. The van der Waals surface area contributed by atoms with E-state index < -0.39 is 0 Å². The van der Waals surface area contributed by atoms with Gasteiger partial charge < -0.3 is 19.9 Å². The fraction of sp³-hybridized carbons (Fsp3) is 0.273. The van der Waals surface area contributed by atoms with E-state index in [9.17, 15) is 9.90 Å². The third kappa shape index (κ3) is 3.77. The second-order valence-electron chi connectivity index (χ2n) is 7.22. The molecule has 0 spiro atoms. The number of aromatic nitrogens is 2. The van der Waals surface area contributed by atoms with E-state index in [1.807, 2.05) is 55.7 Å². The lowest BCUT2D eigenvalue weighted by molar-refractivity contribution is 0.127. The number of aryl methyl sites for hydroxylation is 1. The first-order valence-electron chi connectivity index (χ1n) is 9.46. The van der Waals surface area contributed by atoms with Crippen LogP contribution in [-0.2, 0) is 19.5 Å². The predicted molar refractivity (Wildman–Crippen MR) is 108 cm³/mol. The largest absolute Gasteiger partial charge is 0.394 e. The van der Waals surface area contributed by atoms with Crippen LogP contribution < -0.4 is 5.32 Å². The standard InChI is InChI=1S/C22H24N4O2/c1-16-7-9-18(10-8-16)24-22(28)26-13-20-21(11-19(26)14-27)25(15-23-20)12-17-5-3-2-4-6-17/h2-10,15,19,27H,11-14H2,1H3,(H,24,28)/t19-/m0/s1. The van der Waals surface area contributed by atoms with E-state index in [4.69, 9.17) is 0 Å². The predicted octanol–water partition coefficient (Wildman–Crippen LogP) is 3.19. The molecule has 0 radical (unpaired) electrons. The summed E-state index contributed by atoms with van der Waals surface area (Å²) in [6.45, 7) is 3.04. The van der Waals surface area contributed by atoms with Gasteiger partial charge >= 0.3 is 6.03 Å². The fourth-order valence-corrected chi connectivity index (χ4v) is 3.59. The molecule has 3 aromatic rings. The molecule has 1 atom stereocenters. The summed E-state index contributed by atoms with van der Waals surface area (Å²) in [5.41, 5.74) is 5.05. The molecule has 0 bridgehead atoms. The molecule has 1 aliphatic heterocycles. The van der Waals surface area contributed by atoms with Crippen molar-refractivity contribution in [1.82, 2.24) is 14.5 Å². The summed E-state index contributed by atoms with van der Waals surface area (Å²) < 4.78 is 2.11. The topological polar surface area (TPSA) is 70.4 Å². The molecule has 0 saturated heterocycles. The zero-order chi connectivity index (χ0) is 19.5. The van der Waals surface area contributed by atoms with Gasteiger partial charge in [-0.2, -0.15) is 0 Å². The highest BCUT2D eigenvalue weighted by molar-refractivity contribution is 5.89. The zero-order valence-electron chi connectivity index (χ0n) is 15.9. The highest BCUT2D eigenvalue weighted by atomic mass is 16.3. The Morgan fingerprint density at radius 3 is 2.64 bits per heavy atom. The van der Waals surface area contributed by atoms with Crippen molar-refractivity contribution >= 4 is 11.7 Å². The van der Waals surface area contributed by atoms with Crippen LogP contribution in [0, 0.1) is 6.92 Å². The van der Waals surface area contributed by atoms with Gasteiger partial charge in [0.1, 0.15) is 0 Å². The third-order valence-corrected chi connectivity index (χ3v) is 5.19. The van der Waals surface area contributed by atoms with Crippen LogP contribution in [-0.4, -0.2) is 38.2 Å². The van der Waals surface area contributed by atoms with Crippen molar-refractivity contribution in [3.63, 3.8) is 0 Å².